The molecule has 0 aromatic carbocycles. The van der Waals surface area contributed by atoms with Gasteiger partial charge in [0.15, 0.2) is 5.82 Å². The van der Waals surface area contributed by atoms with E-state index in [4.69, 9.17) is 15.7 Å². The molecule has 96 valence electrons. The van der Waals surface area contributed by atoms with Gasteiger partial charge in [-0.2, -0.15) is 5.26 Å². The summed E-state index contributed by atoms with van der Waals surface area (Å²) in [7, 11) is 0. The third-order valence-electron chi connectivity index (χ3n) is 2.85. The second-order valence-electron chi connectivity index (χ2n) is 4.40. The van der Waals surface area contributed by atoms with Crippen molar-refractivity contribution in [1.29, 1.82) is 5.26 Å². The molecule has 2 unspecified atom stereocenters. The molecule has 6 heteroatoms. The highest BCUT2D eigenvalue weighted by Crippen LogP contribution is 2.24. The fourth-order valence-electron chi connectivity index (χ4n) is 2.12. The van der Waals surface area contributed by atoms with Gasteiger partial charge in [0, 0.05) is 19.3 Å². The molecule has 1 fully saturated rings. The molecule has 2 rings (SSSR count). The maximum atomic E-state index is 9.18. The van der Waals surface area contributed by atoms with Crippen LogP contribution < -0.4 is 10.6 Å². The lowest BCUT2D eigenvalue weighted by molar-refractivity contribution is -0.0422. The van der Waals surface area contributed by atoms with E-state index >= 15 is 0 Å². The van der Waals surface area contributed by atoms with Gasteiger partial charge in [-0.3, -0.25) is 0 Å². The van der Waals surface area contributed by atoms with Crippen molar-refractivity contribution in [2.75, 3.05) is 30.3 Å². The Kier molecular flexibility index (Phi) is 3.65. The van der Waals surface area contributed by atoms with Crippen molar-refractivity contribution in [3.63, 3.8) is 0 Å². The van der Waals surface area contributed by atoms with E-state index in [-0.39, 0.29) is 18.8 Å². The molecule has 0 aliphatic carbocycles. The van der Waals surface area contributed by atoms with Crippen molar-refractivity contribution in [1.82, 2.24) is 4.98 Å². The first-order valence-electron chi connectivity index (χ1n) is 5.81. The van der Waals surface area contributed by atoms with E-state index in [1.54, 1.807) is 6.07 Å². The van der Waals surface area contributed by atoms with E-state index in [9.17, 15) is 5.11 Å². The molecule has 3 N–H and O–H groups in total. The average Bonchev–Trinajstić information content (AvgIpc) is 2.37. The van der Waals surface area contributed by atoms with Gasteiger partial charge in [0.2, 0.25) is 0 Å². The number of pyridine rings is 1. The maximum absolute atomic E-state index is 9.18. The number of hydrogen-bond donors (Lipinski definition) is 2. The van der Waals surface area contributed by atoms with Gasteiger partial charge >= 0.3 is 0 Å². The van der Waals surface area contributed by atoms with Crippen molar-refractivity contribution >= 4 is 11.5 Å². The largest absolute Gasteiger partial charge is 0.396 e. The zero-order chi connectivity index (χ0) is 13.1. The fourth-order valence-corrected chi connectivity index (χ4v) is 2.12. The number of rotatable bonds is 2. The van der Waals surface area contributed by atoms with Crippen LogP contribution in [-0.4, -0.2) is 42.0 Å². The number of nitrogens with two attached hydrogens (primary N) is 1. The predicted molar refractivity (Wildman–Crippen MR) is 67.0 cm³/mol. The number of ether oxygens (including phenoxy) is 1. The van der Waals surface area contributed by atoms with Crippen LogP contribution in [0, 0.1) is 11.3 Å². The highest BCUT2D eigenvalue weighted by atomic mass is 16.5. The Labute approximate surface area is 106 Å². The summed E-state index contributed by atoms with van der Waals surface area (Å²) in [6, 6.07) is 3.61. The smallest absolute Gasteiger partial charge is 0.152 e. The lowest BCUT2D eigenvalue weighted by Crippen LogP contribution is -2.48. The number of aliphatic hydroxyl groups is 1. The van der Waals surface area contributed by atoms with Gasteiger partial charge in [0.1, 0.15) is 6.07 Å². The average molecular weight is 248 g/mol. The lowest BCUT2D eigenvalue weighted by atomic mass is 10.2. The van der Waals surface area contributed by atoms with Crippen LogP contribution in [0.3, 0.4) is 0 Å². The van der Waals surface area contributed by atoms with Gasteiger partial charge in [0.25, 0.3) is 0 Å². The molecule has 1 aliphatic rings. The van der Waals surface area contributed by atoms with Crippen molar-refractivity contribution in [3.05, 3.63) is 17.8 Å². The highest BCUT2D eigenvalue weighted by molar-refractivity contribution is 5.64. The number of nitrogens with zero attached hydrogens (tertiary/aromatic N) is 3. The molecule has 0 amide bonds. The number of morpholine rings is 1. The minimum atomic E-state index is -0.231. The molecule has 2 heterocycles. The van der Waals surface area contributed by atoms with Crippen molar-refractivity contribution < 1.29 is 9.84 Å². The molecule has 0 saturated carbocycles. The van der Waals surface area contributed by atoms with Crippen molar-refractivity contribution in [2.24, 2.45) is 0 Å². The Bertz CT molecular complexity index is 472. The summed E-state index contributed by atoms with van der Waals surface area (Å²) in [6.07, 6.45) is 1.28. The second kappa shape index (κ2) is 5.21. The highest BCUT2D eigenvalue weighted by Gasteiger charge is 2.26. The lowest BCUT2D eigenvalue weighted by Gasteiger charge is -2.37. The van der Waals surface area contributed by atoms with Crippen LogP contribution in [0.4, 0.5) is 11.5 Å². The SMILES string of the molecule is CC1CN(c2ncc(C#N)cc2N)CC(CO)O1. The Balaban J connectivity index is 2.23. The molecule has 2 atom stereocenters. The van der Waals surface area contributed by atoms with Gasteiger partial charge in [-0.05, 0) is 13.0 Å². The Morgan fingerprint density at radius 1 is 1.67 bits per heavy atom. The first kappa shape index (κ1) is 12.6. The molecule has 6 nitrogen and oxygen atoms in total. The van der Waals surface area contributed by atoms with E-state index in [0.717, 1.165) is 0 Å². The van der Waals surface area contributed by atoms with E-state index in [1.807, 2.05) is 17.9 Å². The number of hydrogen-bond acceptors (Lipinski definition) is 6. The number of aliphatic hydroxyl groups excluding tert-OH is 1. The summed E-state index contributed by atoms with van der Waals surface area (Å²) in [5, 5.41) is 18.0. The molecule has 1 saturated heterocycles. The number of nitrogen functional groups attached to an aromatic ring is 1. The van der Waals surface area contributed by atoms with Crippen molar-refractivity contribution in [3.8, 4) is 6.07 Å². The normalized spacial score (nSPS) is 23.7. The number of aromatic nitrogens is 1. The van der Waals surface area contributed by atoms with Crippen molar-refractivity contribution in [2.45, 2.75) is 19.1 Å². The molecule has 1 aliphatic heterocycles. The predicted octanol–water partition coefficient (Wildman–Crippen LogP) is 0.121. The summed E-state index contributed by atoms with van der Waals surface area (Å²) in [6.45, 7) is 3.12. The van der Waals surface area contributed by atoms with Gasteiger partial charge in [-0.15, -0.1) is 0 Å². The van der Waals surface area contributed by atoms with E-state index in [1.165, 1.54) is 6.20 Å². The second-order valence-corrected chi connectivity index (χ2v) is 4.40. The first-order valence-corrected chi connectivity index (χ1v) is 5.81. The van der Waals surface area contributed by atoms with Gasteiger partial charge < -0.3 is 20.5 Å². The van der Waals surface area contributed by atoms with Crippen LogP contribution in [-0.2, 0) is 4.74 Å². The zero-order valence-corrected chi connectivity index (χ0v) is 10.2. The zero-order valence-electron chi connectivity index (χ0n) is 10.2. The van der Waals surface area contributed by atoms with Crippen LogP contribution in [0.25, 0.3) is 0 Å². The van der Waals surface area contributed by atoms with Gasteiger partial charge in [-0.1, -0.05) is 0 Å². The van der Waals surface area contributed by atoms with Crippen LogP contribution >= 0.6 is 0 Å². The Morgan fingerprint density at radius 2 is 2.44 bits per heavy atom. The third-order valence-corrected chi connectivity index (χ3v) is 2.85. The first-order chi connectivity index (χ1) is 8.63. The standard InChI is InChI=1S/C12H16N4O2/c1-8-5-16(6-10(7-17)18-8)12-11(14)2-9(3-13)4-15-12/h2,4,8,10,17H,5-7,14H2,1H3. The molecular weight excluding hydrogens is 232 g/mol. The molecule has 0 radical (unpaired) electrons. The topological polar surface area (TPSA) is 95.4 Å². The number of nitriles is 1. The summed E-state index contributed by atoms with van der Waals surface area (Å²) < 4.78 is 5.56. The monoisotopic (exact) mass is 248 g/mol. The van der Waals surface area contributed by atoms with Crippen LogP contribution in [0.15, 0.2) is 12.3 Å². The number of anilines is 2. The third kappa shape index (κ3) is 2.53. The minimum absolute atomic E-state index is 0.00717. The van der Waals surface area contributed by atoms with Crippen LogP contribution in [0.2, 0.25) is 0 Å². The minimum Gasteiger partial charge on any atom is -0.396 e. The van der Waals surface area contributed by atoms with E-state index in [2.05, 4.69) is 4.98 Å². The fraction of sp³-hybridized carbons (Fsp3) is 0.500. The Morgan fingerprint density at radius 3 is 3.06 bits per heavy atom. The summed E-state index contributed by atoms with van der Waals surface area (Å²) >= 11 is 0. The summed E-state index contributed by atoms with van der Waals surface area (Å²) in [5.74, 6) is 0.641. The van der Waals surface area contributed by atoms with E-state index in [0.29, 0.717) is 30.2 Å². The molecule has 1 aromatic heterocycles. The molecule has 18 heavy (non-hydrogen) atoms. The molecule has 0 spiro atoms. The molecule has 1 aromatic rings. The molecule has 0 bridgehead atoms. The summed E-state index contributed by atoms with van der Waals surface area (Å²) in [4.78, 5) is 6.19. The van der Waals surface area contributed by atoms with Gasteiger partial charge in [-0.25, -0.2) is 4.98 Å². The van der Waals surface area contributed by atoms with E-state index < -0.39 is 0 Å². The maximum Gasteiger partial charge on any atom is 0.152 e. The Hall–Kier alpha value is -1.84. The van der Waals surface area contributed by atoms with Crippen LogP contribution in [0.1, 0.15) is 12.5 Å². The molecular formula is C12H16N4O2. The summed E-state index contributed by atoms with van der Waals surface area (Å²) in [5.41, 5.74) is 6.81. The van der Waals surface area contributed by atoms with Crippen LogP contribution in [0.5, 0.6) is 0 Å². The quantitative estimate of drug-likeness (QED) is 0.772. The van der Waals surface area contributed by atoms with Gasteiger partial charge in [0.05, 0.1) is 30.1 Å².